The fourth-order valence-electron chi connectivity index (χ4n) is 3.91. The predicted molar refractivity (Wildman–Crippen MR) is 74.3 cm³/mol. The second-order valence-corrected chi connectivity index (χ2v) is 6.31. The molecule has 2 unspecified atom stereocenters. The van der Waals surface area contributed by atoms with Crippen LogP contribution in [0.3, 0.4) is 0 Å². The van der Waals surface area contributed by atoms with Gasteiger partial charge in [0.25, 0.3) is 0 Å². The van der Waals surface area contributed by atoms with Gasteiger partial charge in [-0.05, 0) is 51.6 Å². The van der Waals surface area contributed by atoms with E-state index in [1.807, 2.05) is 0 Å². The van der Waals surface area contributed by atoms with Gasteiger partial charge in [-0.15, -0.1) is 0 Å². The van der Waals surface area contributed by atoms with Crippen LogP contribution in [0.25, 0.3) is 0 Å². The molecule has 2 atom stereocenters. The molecule has 0 aromatic carbocycles. The van der Waals surface area contributed by atoms with Crippen LogP contribution < -0.4 is 5.32 Å². The average molecular weight is 238 g/mol. The van der Waals surface area contributed by atoms with Gasteiger partial charge in [0.15, 0.2) is 0 Å². The molecule has 2 heteroatoms. The molecule has 2 fully saturated rings. The summed E-state index contributed by atoms with van der Waals surface area (Å²) >= 11 is 0. The number of nitrogens with one attached hydrogen (secondary N) is 1. The predicted octanol–water partition coefficient (Wildman–Crippen LogP) is 2.89. The van der Waals surface area contributed by atoms with Crippen LogP contribution in [-0.2, 0) is 0 Å². The lowest BCUT2D eigenvalue weighted by molar-refractivity contribution is 0.178. The fraction of sp³-hybridized carbons (Fsp3) is 1.00. The summed E-state index contributed by atoms with van der Waals surface area (Å²) in [7, 11) is 4.47. The highest BCUT2D eigenvalue weighted by Crippen LogP contribution is 2.28. The van der Waals surface area contributed by atoms with E-state index in [-0.39, 0.29) is 0 Å². The molecule has 0 bridgehead atoms. The smallest absolute Gasteiger partial charge is 0.0104 e. The molecule has 0 amide bonds. The van der Waals surface area contributed by atoms with E-state index >= 15 is 0 Å². The van der Waals surface area contributed by atoms with Gasteiger partial charge in [-0.2, -0.15) is 0 Å². The van der Waals surface area contributed by atoms with Crippen molar-refractivity contribution in [2.75, 3.05) is 27.2 Å². The SMILES string of the molecule is CNC1CCCCC1CN(C)CC1CCCC1. The molecular weight excluding hydrogens is 208 g/mol. The molecule has 2 aliphatic rings. The minimum absolute atomic E-state index is 0.773. The van der Waals surface area contributed by atoms with Crippen LogP contribution in [-0.4, -0.2) is 38.1 Å². The van der Waals surface area contributed by atoms with E-state index in [1.165, 1.54) is 64.5 Å². The van der Waals surface area contributed by atoms with E-state index in [9.17, 15) is 0 Å². The maximum atomic E-state index is 3.53. The largest absolute Gasteiger partial charge is 0.317 e. The average Bonchev–Trinajstić information content (AvgIpc) is 2.82. The van der Waals surface area contributed by atoms with Crippen molar-refractivity contribution in [2.24, 2.45) is 11.8 Å². The normalized spacial score (nSPS) is 31.2. The second-order valence-electron chi connectivity index (χ2n) is 6.31. The van der Waals surface area contributed by atoms with Crippen molar-refractivity contribution in [2.45, 2.75) is 57.4 Å². The molecule has 0 aliphatic heterocycles. The highest BCUT2D eigenvalue weighted by atomic mass is 15.1. The molecule has 0 spiro atoms. The van der Waals surface area contributed by atoms with Crippen LogP contribution in [0.4, 0.5) is 0 Å². The quantitative estimate of drug-likeness (QED) is 0.792. The van der Waals surface area contributed by atoms with Gasteiger partial charge < -0.3 is 10.2 Å². The van der Waals surface area contributed by atoms with Gasteiger partial charge in [0, 0.05) is 19.1 Å². The number of hydrogen-bond donors (Lipinski definition) is 1. The third-order valence-electron chi connectivity index (χ3n) is 4.87. The van der Waals surface area contributed by atoms with Gasteiger partial charge >= 0.3 is 0 Å². The molecule has 0 aromatic heterocycles. The Morgan fingerprint density at radius 2 is 1.59 bits per heavy atom. The zero-order chi connectivity index (χ0) is 12.1. The Hall–Kier alpha value is -0.0800. The summed E-state index contributed by atoms with van der Waals surface area (Å²) in [5.74, 6) is 1.89. The zero-order valence-corrected chi connectivity index (χ0v) is 11.8. The van der Waals surface area contributed by atoms with Gasteiger partial charge in [-0.3, -0.25) is 0 Å². The van der Waals surface area contributed by atoms with Crippen molar-refractivity contribution in [1.82, 2.24) is 10.2 Å². The summed E-state index contributed by atoms with van der Waals surface area (Å²) in [6.45, 7) is 2.65. The molecule has 100 valence electrons. The van der Waals surface area contributed by atoms with E-state index in [0.29, 0.717) is 0 Å². The minimum Gasteiger partial charge on any atom is -0.317 e. The Kier molecular flexibility index (Phi) is 5.30. The molecule has 17 heavy (non-hydrogen) atoms. The van der Waals surface area contributed by atoms with Gasteiger partial charge in [0.2, 0.25) is 0 Å². The Balaban J connectivity index is 1.73. The summed E-state index contributed by atoms with van der Waals surface area (Å²) < 4.78 is 0. The highest BCUT2D eigenvalue weighted by Gasteiger charge is 2.25. The second kappa shape index (κ2) is 6.75. The van der Waals surface area contributed by atoms with Gasteiger partial charge in [0.05, 0.1) is 0 Å². The Morgan fingerprint density at radius 3 is 2.29 bits per heavy atom. The van der Waals surface area contributed by atoms with Crippen LogP contribution in [0.1, 0.15) is 51.4 Å². The van der Waals surface area contributed by atoms with Gasteiger partial charge in [0.1, 0.15) is 0 Å². The molecule has 2 aliphatic carbocycles. The molecule has 0 saturated heterocycles. The third-order valence-corrected chi connectivity index (χ3v) is 4.87. The maximum absolute atomic E-state index is 3.53. The van der Waals surface area contributed by atoms with E-state index in [4.69, 9.17) is 0 Å². The summed E-state index contributed by atoms with van der Waals surface area (Å²) in [6.07, 6.45) is 11.6. The molecule has 2 nitrogen and oxygen atoms in total. The van der Waals surface area contributed by atoms with Crippen molar-refractivity contribution in [1.29, 1.82) is 0 Å². The fourth-order valence-corrected chi connectivity index (χ4v) is 3.91. The van der Waals surface area contributed by atoms with Crippen LogP contribution in [0.5, 0.6) is 0 Å². The molecule has 0 aromatic rings. The lowest BCUT2D eigenvalue weighted by Crippen LogP contribution is -2.42. The van der Waals surface area contributed by atoms with E-state index in [1.54, 1.807) is 0 Å². The van der Waals surface area contributed by atoms with Crippen molar-refractivity contribution < 1.29 is 0 Å². The number of hydrogen-bond acceptors (Lipinski definition) is 2. The lowest BCUT2D eigenvalue weighted by Gasteiger charge is -2.34. The summed E-state index contributed by atoms with van der Waals surface area (Å²) in [4.78, 5) is 2.61. The summed E-state index contributed by atoms with van der Waals surface area (Å²) in [5, 5.41) is 3.53. The van der Waals surface area contributed by atoms with Crippen LogP contribution in [0.2, 0.25) is 0 Å². The van der Waals surface area contributed by atoms with Crippen molar-refractivity contribution in [3.63, 3.8) is 0 Å². The monoisotopic (exact) mass is 238 g/mol. The Morgan fingerprint density at radius 1 is 0.941 bits per heavy atom. The summed E-state index contributed by atoms with van der Waals surface area (Å²) in [6, 6.07) is 0.773. The number of rotatable bonds is 5. The molecular formula is C15H30N2. The van der Waals surface area contributed by atoms with E-state index < -0.39 is 0 Å². The third kappa shape index (κ3) is 3.96. The van der Waals surface area contributed by atoms with E-state index in [0.717, 1.165) is 17.9 Å². The minimum atomic E-state index is 0.773. The zero-order valence-electron chi connectivity index (χ0n) is 11.8. The Bertz CT molecular complexity index is 211. The highest BCUT2D eigenvalue weighted by molar-refractivity contribution is 4.82. The van der Waals surface area contributed by atoms with Crippen molar-refractivity contribution in [3.05, 3.63) is 0 Å². The van der Waals surface area contributed by atoms with Gasteiger partial charge in [-0.1, -0.05) is 25.7 Å². The number of nitrogens with zero attached hydrogens (tertiary/aromatic N) is 1. The lowest BCUT2D eigenvalue weighted by atomic mass is 9.84. The first-order chi connectivity index (χ1) is 8.29. The first-order valence-electron chi connectivity index (χ1n) is 7.65. The summed E-state index contributed by atoms with van der Waals surface area (Å²) in [5.41, 5.74) is 0. The molecule has 0 radical (unpaired) electrons. The topological polar surface area (TPSA) is 15.3 Å². The maximum Gasteiger partial charge on any atom is 0.0104 e. The molecule has 0 heterocycles. The van der Waals surface area contributed by atoms with E-state index in [2.05, 4.69) is 24.3 Å². The molecule has 2 saturated carbocycles. The standard InChI is InChI=1S/C15H30N2/c1-16-15-10-6-5-9-14(15)12-17(2)11-13-7-3-4-8-13/h13-16H,3-12H2,1-2H3. The first kappa shape index (κ1) is 13.4. The van der Waals surface area contributed by atoms with Crippen LogP contribution in [0.15, 0.2) is 0 Å². The Labute approximate surface area is 107 Å². The van der Waals surface area contributed by atoms with Crippen LogP contribution in [0, 0.1) is 11.8 Å². The van der Waals surface area contributed by atoms with Gasteiger partial charge in [-0.25, -0.2) is 0 Å². The molecule has 2 rings (SSSR count). The first-order valence-corrected chi connectivity index (χ1v) is 7.65. The van der Waals surface area contributed by atoms with Crippen LogP contribution >= 0.6 is 0 Å². The van der Waals surface area contributed by atoms with Crippen molar-refractivity contribution in [3.8, 4) is 0 Å². The van der Waals surface area contributed by atoms with Crippen molar-refractivity contribution >= 4 is 0 Å². The molecule has 1 N–H and O–H groups in total.